The second-order valence-electron chi connectivity index (χ2n) is 7.93. The van der Waals surface area contributed by atoms with Gasteiger partial charge in [-0.2, -0.15) is 4.98 Å². The van der Waals surface area contributed by atoms with Crippen LogP contribution < -0.4 is 16.0 Å². The van der Waals surface area contributed by atoms with Gasteiger partial charge in [0.25, 0.3) is 5.56 Å². The van der Waals surface area contributed by atoms with Crippen molar-refractivity contribution >= 4 is 11.2 Å². The second kappa shape index (κ2) is 8.84. The van der Waals surface area contributed by atoms with Gasteiger partial charge in [-0.05, 0) is 43.5 Å². The molecular weight excluding hydrogens is 408 g/mol. The molecule has 32 heavy (non-hydrogen) atoms. The Bertz CT molecular complexity index is 1380. The average Bonchev–Trinajstić information content (AvgIpc) is 3.12. The predicted molar refractivity (Wildman–Crippen MR) is 122 cm³/mol. The van der Waals surface area contributed by atoms with Crippen LogP contribution in [0.4, 0.5) is 0 Å². The highest BCUT2D eigenvalue weighted by Crippen LogP contribution is 2.26. The Hall–Kier alpha value is -3.65. The number of aliphatic hydroxyl groups is 1. The van der Waals surface area contributed by atoms with Crippen LogP contribution in [0.3, 0.4) is 0 Å². The second-order valence-corrected chi connectivity index (χ2v) is 7.93. The summed E-state index contributed by atoms with van der Waals surface area (Å²) in [6.45, 7) is 4.34. The molecule has 0 fully saturated rings. The molecule has 0 bridgehead atoms. The summed E-state index contributed by atoms with van der Waals surface area (Å²) >= 11 is 0. The van der Waals surface area contributed by atoms with E-state index in [1.807, 2.05) is 62.4 Å². The standard InChI is InChI=1S/C24H26N4O4/c1-16-8-10-18(11-9-16)15-28-20-21(25-23(28)32-19-7-4-6-17(2)14-19)26(3)24(31)27(22(20)30)12-5-13-29/h4,6-11,14,29H,5,12-13,15H2,1-3H3. The quantitative estimate of drug-likeness (QED) is 0.483. The molecule has 0 atom stereocenters. The van der Waals surface area contributed by atoms with Gasteiger partial charge in [-0.3, -0.25) is 18.5 Å². The van der Waals surface area contributed by atoms with Gasteiger partial charge in [-0.25, -0.2) is 4.79 Å². The number of aromatic nitrogens is 4. The lowest BCUT2D eigenvalue weighted by atomic mass is 10.1. The molecule has 0 amide bonds. The van der Waals surface area contributed by atoms with Crippen molar-refractivity contribution in [2.45, 2.75) is 33.4 Å². The number of hydrogen-bond donors (Lipinski definition) is 1. The summed E-state index contributed by atoms with van der Waals surface area (Å²) < 4.78 is 10.3. The Labute approximate surface area is 185 Å². The van der Waals surface area contributed by atoms with Gasteiger partial charge < -0.3 is 9.84 Å². The van der Waals surface area contributed by atoms with Crippen LogP contribution in [-0.4, -0.2) is 30.4 Å². The Morgan fingerprint density at radius 2 is 1.75 bits per heavy atom. The zero-order chi connectivity index (χ0) is 22.8. The molecule has 0 unspecified atom stereocenters. The normalized spacial score (nSPS) is 11.2. The van der Waals surface area contributed by atoms with E-state index in [1.165, 1.54) is 4.57 Å². The van der Waals surface area contributed by atoms with E-state index in [2.05, 4.69) is 4.98 Å². The number of fused-ring (bicyclic) bond motifs is 1. The largest absolute Gasteiger partial charge is 0.425 e. The van der Waals surface area contributed by atoms with Gasteiger partial charge in [-0.1, -0.05) is 42.0 Å². The molecule has 8 nitrogen and oxygen atoms in total. The van der Waals surface area contributed by atoms with E-state index in [4.69, 9.17) is 4.74 Å². The van der Waals surface area contributed by atoms with Crippen LogP contribution in [0.5, 0.6) is 11.8 Å². The van der Waals surface area contributed by atoms with Crippen molar-refractivity contribution in [3.8, 4) is 11.8 Å². The molecule has 4 rings (SSSR count). The van der Waals surface area contributed by atoms with E-state index in [1.54, 1.807) is 11.6 Å². The van der Waals surface area contributed by atoms with E-state index in [-0.39, 0.29) is 30.3 Å². The third-order valence-corrected chi connectivity index (χ3v) is 5.40. The van der Waals surface area contributed by atoms with Gasteiger partial charge in [-0.15, -0.1) is 0 Å². The number of rotatable bonds is 7. The fourth-order valence-corrected chi connectivity index (χ4v) is 3.66. The van der Waals surface area contributed by atoms with Gasteiger partial charge in [0, 0.05) is 20.2 Å². The molecule has 0 spiro atoms. The van der Waals surface area contributed by atoms with Crippen LogP contribution in [0.25, 0.3) is 11.2 Å². The summed E-state index contributed by atoms with van der Waals surface area (Å²) in [5, 5.41) is 9.19. The zero-order valence-corrected chi connectivity index (χ0v) is 18.4. The summed E-state index contributed by atoms with van der Waals surface area (Å²) in [4.78, 5) is 30.7. The number of ether oxygens (including phenoxy) is 1. The SMILES string of the molecule is Cc1ccc(Cn2c(Oc3cccc(C)c3)nc3c2c(=O)n(CCCO)c(=O)n3C)cc1. The number of nitrogens with zero attached hydrogens (tertiary/aromatic N) is 4. The first-order chi connectivity index (χ1) is 15.4. The third-order valence-electron chi connectivity index (χ3n) is 5.40. The van der Waals surface area contributed by atoms with Crippen molar-refractivity contribution < 1.29 is 9.84 Å². The molecule has 0 aliphatic rings. The minimum atomic E-state index is -0.474. The molecule has 2 aromatic heterocycles. The van der Waals surface area contributed by atoms with Crippen molar-refractivity contribution in [1.29, 1.82) is 0 Å². The first kappa shape index (κ1) is 21.6. The van der Waals surface area contributed by atoms with E-state index in [0.717, 1.165) is 21.3 Å². The van der Waals surface area contributed by atoms with Crippen molar-refractivity contribution in [3.05, 3.63) is 86.1 Å². The highest BCUT2D eigenvalue weighted by atomic mass is 16.5. The van der Waals surface area contributed by atoms with Crippen molar-refractivity contribution in [2.75, 3.05) is 6.61 Å². The lowest BCUT2D eigenvalue weighted by Gasteiger charge is -2.11. The molecule has 8 heteroatoms. The van der Waals surface area contributed by atoms with E-state index in [0.29, 0.717) is 18.7 Å². The van der Waals surface area contributed by atoms with Crippen LogP contribution in [0.15, 0.2) is 58.1 Å². The van der Waals surface area contributed by atoms with E-state index < -0.39 is 11.2 Å². The maximum Gasteiger partial charge on any atom is 0.332 e. The van der Waals surface area contributed by atoms with Crippen LogP contribution in [0.2, 0.25) is 0 Å². The Balaban J connectivity index is 1.93. The van der Waals surface area contributed by atoms with Gasteiger partial charge in [0.2, 0.25) is 0 Å². The lowest BCUT2D eigenvalue weighted by Crippen LogP contribution is -2.39. The minimum absolute atomic E-state index is 0.113. The van der Waals surface area contributed by atoms with E-state index in [9.17, 15) is 14.7 Å². The molecule has 166 valence electrons. The first-order valence-corrected chi connectivity index (χ1v) is 10.5. The predicted octanol–water partition coefficient (Wildman–Crippen LogP) is 2.74. The molecule has 1 N–H and O–H groups in total. The summed E-state index contributed by atoms with van der Waals surface area (Å²) in [7, 11) is 1.58. The third kappa shape index (κ3) is 4.09. The Morgan fingerprint density at radius 3 is 2.44 bits per heavy atom. The highest BCUT2D eigenvalue weighted by molar-refractivity contribution is 5.72. The van der Waals surface area contributed by atoms with Crippen LogP contribution in [0.1, 0.15) is 23.1 Å². The minimum Gasteiger partial charge on any atom is -0.425 e. The first-order valence-electron chi connectivity index (χ1n) is 10.5. The number of hydrogen-bond acceptors (Lipinski definition) is 5. The lowest BCUT2D eigenvalue weighted by molar-refractivity contribution is 0.277. The Kier molecular flexibility index (Phi) is 5.96. The monoisotopic (exact) mass is 434 g/mol. The fraction of sp³-hybridized carbons (Fsp3) is 0.292. The number of benzene rings is 2. The highest BCUT2D eigenvalue weighted by Gasteiger charge is 2.22. The maximum atomic E-state index is 13.3. The fourth-order valence-electron chi connectivity index (χ4n) is 3.66. The number of aryl methyl sites for hydroxylation is 3. The average molecular weight is 434 g/mol. The molecule has 2 aromatic carbocycles. The summed E-state index contributed by atoms with van der Waals surface area (Å²) in [5.74, 6) is 0.594. The van der Waals surface area contributed by atoms with Gasteiger partial charge in [0.05, 0.1) is 6.54 Å². The maximum absolute atomic E-state index is 13.3. The van der Waals surface area contributed by atoms with Crippen LogP contribution in [0, 0.1) is 13.8 Å². The Morgan fingerprint density at radius 1 is 1.00 bits per heavy atom. The van der Waals surface area contributed by atoms with Crippen molar-refractivity contribution in [1.82, 2.24) is 18.7 Å². The summed E-state index contributed by atoms with van der Waals surface area (Å²) in [5.41, 5.74) is 2.76. The van der Waals surface area contributed by atoms with Crippen LogP contribution in [-0.2, 0) is 20.1 Å². The van der Waals surface area contributed by atoms with Gasteiger partial charge >= 0.3 is 11.7 Å². The van der Waals surface area contributed by atoms with Gasteiger partial charge in [0.1, 0.15) is 5.75 Å². The molecule has 0 saturated heterocycles. The topological polar surface area (TPSA) is 91.3 Å². The number of imidazole rings is 1. The molecule has 0 saturated carbocycles. The summed E-state index contributed by atoms with van der Waals surface area (Å²) in [6, 6.07) is 15.8. The molecule has 2 heterocycles. The molecule has 0 aliphatic carbocycles. The van der Waals surface area contributed by atoms with Crippen molar-refractivity contribution in [3.63, 3.8) is 0 Å². The number of aliphatic hydroxyl groups excluding tert-OH is 1. The molecule has 0 radical (unpaired) electrons. The molecule has 0 aliphatic heterocycles. The molecule has 4 aromatic rings. The summed E-state index contributed by atoms with van der Waals surface area (Å²) in [6.07, 6.45) is 0.305. The smallest absolute Gasteiger partial charge is 0.332 e. The zero-order valence-electron chi connectivity index (χ0n) is 18.4. The molecular formula is C24H26N4O4. The van der Waals surface area contributed by atoms with Crippen LogP contribution >= 0.6 is 0 Å². The van der Waals surface area contributed by atoms with Gasteiger partial charge in [0.15, 0.2) is 11.2 Å². The van der Waals surface area contributed by atoms with Crippen molar-refractivity contribution in [2.24, 2.45) is 7.05 Å². The van der Waals surface area contributed by atoms with E-state index >= 15 is 0 Å².